The molecule has 0 saturated carbocycles. The Morgan fingerprint density at radius 2 is 1.38 bits per heavy atom. The highest BCUT2D eigenvalue weighted by Crippen LogP contribution is 2.40. The van der Waals surface area contributed by atoms with Crippen LogP contribution in [0.3, 0.4) is 0 Å². The summed E-state index contributed by atoms with van der Waals surface area (Å²) in [6.45, 7) is 6.86. The molecule has 3 aromatic rings. The highest BCUT2D eigenvalue weighted by molar-refractivity contribution is 6.74. The maximum atomic E-state index is 7.09. The Labute approximate surface area is 163 Å². The third-order valence-corrected chi connectivity index (χ3v) is 10.3. The number of benzene rings is 3. The minimum Gasteiger partial charge on any atom is -0.543 e. The van der Waals surface area contributed by atoms with E-state index < -0.39 is 8.32 Å². The standard InChI is InChI=1S/C23H29ClOSi/c1-4-13-26(14-5-2,15-6-3)25-23-21-10-8-7-9-18(21)16-19-11-12-20(24)17-22(19)23/h7-12,16-17H,4-6,13-15H2,1-3H3. The van der Waals surface area contributed by atoms with Gasteiger partial charge in [-0.2, -0.15) is 0 Å². The summed E-state index contributed by atoms with van der Waals surface area (Å²) in [4.78, 5) is 0. The van der Waals surface area contributed by atoms with Gasteiger partial charge in [-0.25, -0.2) is 0 Å². The van der Waals surface area contributed by atoms with Gasteiger partial charge in [-0.15, -0.1) is 0 Å². The lowest BCUT2D eigenvalue weighted by molar-refractivity contribution is 0.529. The van der Waals surface area contributed by atoms with Crippen molar-refractivity contribution in [3.05, 3.63) is 53.6 Å². The Morgan fingerprint density at radius 1 is 0.769 bits per heavy atom. The van der Waals surface area contributed by atoms with Gasteiger partial charge in [-0.3, -0.25) is 0 Å². The van der Waals surface area contributed by atoms with Gasteiger partial charge in [0, 0.05) is 15.8 Å². The monoisotopic (exact) mass is 384 g/mol. The van der Waals surface area contributed by atoms with Crippen molar-refractivity contribution < 1.29 is 4.43 Å². The summed E-state index contributed by atoms with van der Waals surface area (Å²) >= 11 is 6.35. The van der Waals surface area contributed by atoms with E-state index in [1.165, 1.54) is 53.6 Å². The summed E-state index contributed by atoms with van der Waals surface area (Å²) in [6.07, 6.45) is 3.57. The molecule has 1 nitrogen and oxygen atoms in total. The molecule has 26 heavy (non-hydrogen) atoms. The SMILES string of the molecule is CCC[Si](CCC)(CCC)Oc1c2ccccc2cc2ccc(Cl)cc12. The normalized spacial score (nSPS) is 12.0. The average molecular weight is 385 g/mol. The third-order valence-electron chi connectivity index (χ3n) is 5.21. The Morgan fingerprint density at radius 3 is 2.04 bits per heavy atom. The quantitative estimate of drug-likeness (QED) is 0.281. The average Bonchev–Trinajstić information content (AvgIpc) is 2.63. The van der Waals surface area contributed by atoms with Crippen LogP contribution in [0.4, 0.5) is 0 Å². The predicted molar refractivity (Wildman–Crippen MR) is 118 cm³/mol. The molecule has 0 fully saturated rings. The zero-order chi connectivity index (χ0) is 18.6. The van der Waals surface area contributed by atoms with Gasteiger partial charge in [0.05, 0.1) is 0 Å². The minimum atomic E-state index is -1.83. The van der Waals surface area contributed by atoms with Crippen LogP contribution in [0.2, 0.25) is 23.2 Å². The van der Waals surface area contributed by atoms with Crippen LogP contribution in [0.25, 0.3) is 21.5 Å². The molecular weight excluding hydrogens is 356 g/mol. The lowest BCUT2D eigenvalue weighted by Gasteiger charge is -2.33. The molecule has 0 N–H and O–H groups in total. The minimum absolute atomic E-state index is 0.770. The van der Waals surface area contributed by atoms with Crippen LogP contribution in [-0.4, -0.2) is 8.32 Å². The van der Waals surface area contributed by atoms with Crippen molar-refractivity contribution in [3.63, 3.8) is 0 Å². The molecule has 3 heteroatoms. The van der Waals surface area contributed by atoms with Gasteiger partial charge < -0.3 is 4.43 Å². The van der Waals surface area contributed by atoms with Crippen LogP contribution in [0.15, 0.2) is 48.5 Å². The summed E-state index contributed by atoms with van der Waals surface area (Å²) in [5, 5.41) is 5.57. The first-order chi connectivity index (χ1) is 12.6. The molecule has 0 unspecified atom stereocenters. The molecule has 0 aromatic heterocycles. The van der Waals surface area contributed by atoms with Crippen LogP contribution < -0.4 is 4.43 Å². The molecule has 0 aliphatic rings. The second-order valence-corrected chi connectivity index (χ2v) is 11.8. The molecule has 0 aliphatic carbocycles. The molecular formula is C23H29ClOSi. The predicted octanol–water partition coefficient (Wildman–Crippen LogP) is 8.20. The summed E-state index contributed by atoms with van der Waals surface area (Å²) in [6, 6.07) is 20.6. The van der Waals surface area contributed by atoms with E-state index in [0.29, 0.717) is 0 Å². The molecule has 138 valence electrons. The van der Waals surface area contributed by atoms with E-state index in [0.717, 1.165) is 16.2 Å². The summed E-state index contributed by atoms with van der Waals surface area (Å²) in [5.41, 5.74) is 0. The van der Waals surface area contributed by atoms with Gasteiger partial charge in [0.25, 0.3) is 8.32 Å². The van der Waals surface area contributed by atoms with Gasteiger partial charge in [0.2, 0.25) is 0 Å². The number of fused-ring (bicyclic) bond motifs is 2. The molecule has 0 amide bonds. The van der Waals surface area contributed by atoms with Crippen LogP contribution in [-0.2, 0) is 0 Å². The van der Waals surface area contributed by atoms with Crippen molar-refractivity contribution in [2.45, 2.75) is 58.2 Å². The molecule has 3 rings (SSSR count). The number of hydrogen-bond donors (Lipinski definition) is 0. The lowest BCUT2D eigenvalue weighted by Crippen LogP contribution is -2.41. The van der Waals surface area contributed by atoms with Crippen LogP contribution in [0.1, 0.15) is 40.0 Å². The molecule has 0 atom stereocenters. The topological polar surface area (TPSA) is 9.23 Å². The zero-order valence-corrected chi connectivity index (χ0v) is 17.9. The van der Waals surface area contributed by atoms with Crippen molar-refractivity contribution >= 4 is 41.5 Å². The van der Waals surface area contributed by atoms with Gasteiger partial charge in [0.1, 0.15) is 5.75 Å². The first kappa shape index (κ1) is 19.3. The molecule has 0 saturated heterocycles. The second-order valence-electron chi connectivity index (χ2n) is 7.33. The lowest BCUT2D eigenvalue weighted by atomic mass is 10.0. The van der Waals surface area contributed by atoms with E-state index in [-0.39, 0.29) is 0 Å². The molecule has 0 aliphatic heterocycles. The van der Waals surface area contributed by atoms with Gasteiger partial charge in [0.15, 0.2) is 0 Å². The number of rotatable bonds is 8. The van der Waals surface area contributed by atoms with Gasteiger partial charge in [-0.05, 0) is 47.1 Å². The molecule has 0 bridgehead atoms. The van der Waals surface area contributed by atoms with Crippen LogP contribution in [0.5, 0.6) is 5.75 Å². The Hall–Kier alpha value is -1.51. The van der Waals surface area contributed by atoms with E-state index in [1.54, 1.807) is 0 Å². The maximum absolute atomic E-state index is 7.09. The summed E-state index contributed by atoms with van der Waals surface area (Å²) in [7, 11) is -1.83. The largest absolute Gasteiger partial charge is 0.543 e. The Kier molecular flexibility index (Phi) is 6.26. The van der Waals surface area contributed by atoms with Crippen molar-refractivity contribution in [1.82, 2.24) is 0 Å². The fraction of sp³-hybridized carbons (Fsp3) is 0.391. The Bertz CT molecular complexity index is 873. The summed E-state index contributed by atoms with van der Waals surface area (Å²) in [5.74, 6) is 1.06. The van der Waals surface area contributed by atoms with Crippen molar-refractivity contribution in [2.75, 3.05) is 0 Å². The molecule has 0 heterocycles. The van der Waals surface area contributed by atoms with Crippen molar-refractivity contribution in [1.29, 1.82) is 0 Å². The molecule has 3 aromatic carbocycles. The van der Waals surface area contributed by atoms with E-state index in [2.05, 4.69) is 63.2 Å². The third kappa shape index (κ3) is 3.92. The van der Waals surface area contributed by atoms with E-state index in [9.17, 15) is 0 Å². The smallest absolute Gasteiger partial charge is 0.251 e. The fourth-order valence-corrected chi connectivity index (χ4v) is 8.83. The Balaban J connectivity index is 2.23. The summed E-state index contributed by atoms with van der Waals surface area (Å²) < 4.78 is 7.09. The van der Waals surface area contributed by atoms with Crippen LogP contribution >= 0.6 is 11.6 Å². The van der Waals surface area contributed by atoms with Crippen LogP contribution in [0, 0.1) is 0 Å². The van der Waals surface area contributed by atoms with Gasteiger partial charge in [-0.1, -0.05) is 82.0 Å². The van der Waals surface area contributed by atoms with Crippen molar-refractivity contribution in [2.24, 2.45) is 0 Å². The number of hydrogen-bond acceptors (Lipinski definition) is 1. The van der Waals surface area contributed by atoms with E-state index >= 15 is 0 Å². The van der Waals surface area contributed by atoms with E-state index in [1.807, 2.05) is 6.07 Å². The fourth-order valence-electron chi connectivity index (χ4n) is 4.21. The highest BCUT2D eigenvalue weighted by atomic mass is 35.5. The zero-order valence-electron chi connectivity index (χ0n) is 16.1. The second kappa shape index (κ2) is 8.45. The first-order valence-corrected chi connectivity index (χ1v) is 12.8. The van der Waals surface area contributed by atoms with Gasteiger partial charge >= 0.3 is 0 Å². The van der Waals surface area contributed by atoms with E-state index in [4.69, 9.17) is 16.0 Å². The molecule has 0 radical (unpaired) electrons. The van der Waals surface area contributed by atoms with Crippen molar-refractivity contribution in [3.8, 4) is 5.75 Å². The number of halogens is 1. The molecule has 0 spiro atoms. The maximum Gasteiger partial charge on any atom is 0.251 e. The first-order valence-electron chi connectivity index (χ1n) is 9.92. The highest BCUT2D eigenvalue weighted by Gasteiger charge is 2.35.